The average Bonchev–Trinajstić information content (AvgIpc) is 2.61. The molecule has 1 aromatic heterocycles. The topological polar surface area (TPSA) is 56.5 Å². The number of benzene rings is 1. The molecule has 0 atom stereocenters. The Bertz CT molecular complexity index is 849. The molecule has 25 heavy (non-hydrogen) atoms. The van der Waals surface area contributed by atoms with Gasteiger partial charge in [0.1, 0.15) is 17.7 Å². The van der Waals surface area contributed by atoms with Gasteiger partial charge < -0.3 is 9.30 Å². The van der Waals surface area contributed by atoms with Gasteiger partial charge in [0.15, 0.2) is 0 Å². The first kappa shape index (κ1) is 17.4. The highest BCUT2D eigenvalue weighted by atomic mass is 19.1. The molecule has 134 valence electrons. The van der Waals surface area contributed by atoms with Crippen LogP contribution in [-0.2, 0) is 20.6 Å². The average molecular weight is 347 g/mol. The van der Waals surface area contributed by atoms with Crippen molar-refractivity contribution >= 4 is 0 Å². The van der Waals surface area contributed by atoms with Crippen molar-refractivity contribution in [1.82, 2.24) is 14.0 Å². The van der Waals surface area contributed by atoms with Crippen molar-refractivity contribution in [3.05, 3.63) is 62.7 Å². The van der Waals surface area contributed by atoms with E-state index in [-0.39, 0.29) is 23.2 Å². The van der Waals surface area contributed by atoms with Crippen molar-refractivity contribution in [2.75, 3.05) is 13.1 Å². The molecule has 6 nitrogen and oxygen atoms in total. The third kappa shape index (κ3) is 3.99. The van der Waals surface area contributed by atoms with Gasteiger partial charge in [-0.05, 0) is 37.1 Å². The van der Waals surface area contributed by atoms with Crippen LogP contribution in [0.15, 0.2) is 40.1 Å². The summed E-state index contributed by atoms with van der Waals surface area (Å²) in [6, 6.07) is 6.05. The lowest BCUT2D eigenvalue weighted by Crippen LogP contribution is -2.42. The van der Waals surface area contributed by atoms with Crippen molar-refractivity contribution in [3.63, 3.8) is 0 Å². The summed E-state index contributed by atoms with van der Waals surface area (Å²) in [5.74, 6) is 0.396. The smallest absolute Gasteiger partial charge is 0.330 e. The van der Waals surface area contributed by atoms with Crippen LogP contribution in [0.5, 0.6) is 5.75 Å². The number of nitrogens with zero attached hydrogens (tertiary/aromatic N) is 3. The van der Waals surface area contributed by atoms with E-state index in [0.29, 0.717) is 17.9 Å². The van der Waals surface area contributed by atoms with Crippen molar-refractivity contribution in [2.24, 2.45) is 14.1 Å². The molecule has 1 aliphatic rings. The summed E-state index contributed by atoms with van der Waals surface area (Å²) in [5, 5.41) is 0. The first-order valence-corrected chi connectivity index (χ1v) is 8.34. The molecule has 1 fully saturated rings. The van der Waals surface area contributed by atoms with E-state index in [2.05, 4.69) is 4.90 Å². The monoisotopic (exact) mass is 347 g/mol. The molecule has 1 aliphatic heterocycles. The Morgan fingerprint density at radius 1 is 1.12 bits per heavy atom. The predicted octanol–water partition coefficient (Wildman–Crippen LogP) is 1.27. The minimum absolute atomic E-state index is 0.0877. The minimum Gasteiger partial charge on any atom is -0.490 e. The van der Waals surface area contributed by atoms with Crippen molar-refractivity contribution in [1.29, 1.82) is 0 Å². The Balaban J connectivity index is 1.59. The Labute approximate surface area is 145 Å². The number of hydrogen-bond donors (Lipinski definition) is 0. The standard InChI is InChI=1S/C18H22FN3O3/c1-20-11-13(17(23)21(2)18(20)24)12-22-9-7-16(8-10-22)25-15-5-3-14(19)4-6-15/h3-6,11,16H,7-10,12H2,1-2H3. The van der Waals surface area contributed by atoms with E-state index >= 15 is 0 Å². The summed E-state index contributed by atoms with van der Waals surface area (Å²) >= 11 is 0. The van der Waals surface area contributed by atoms with Gasteiger partial charge in [0, 0.05) is 45.5 Å². The highest BCUT2D eigenvalue weighted by molar-refractivity contribution is 5.22. The molecular weight excluding hydrogens is 325 g/mol. The number of ether oxygens (including phenoxy) is 1. The van der Waals surface area contributed by atoms with Gasteiger partial charge in [-0.2, -0.15) is 0 Å². The third-order valence-electron chi connectivity index (χ3n) is 4.56. The van der Waals surface area contributed by atoms with Gasteiger partial charge in [-0.15, -0.1) is 0 Å². The van der Waals surface area contributed by atoms with Gasteiger partial charge in [-0.1, -0.05) is 0 Å². The maximum atomic E-state index is 12.9. The van der Waals surface area contributed by atoms with E-state index in [1.54, 1.807) is 25.4 Å². The first-order chi connectivity index (χ1) is 11.9. The van der Waals surface area contributed by atoms with Crippen molar-refractivity contribution in [3.8, 4) is 5.75 Å². The van der Waals surface area contributed by atoms with Crippen LogP contribution in [0.3, 0.4) is 0 Å². The van der Waals surface area contributed by atoms with Crippen LogP contribution in [0.2, 0.25) is 0 Å². The van der Waals surface area contributed by atoms with Crippen molar-refractivity contribution < 1.29 is 9.13 Å². The number of likely N-dealkylation sites (tertiary alicyclic amines) is 1. The molecule has 1 aromatic carbocycles. The van der Waals surface area contributed by atoms with E-state index in [1.165, 1.54) is 23.7 Å². The van der Waals surface area contributed by atoms with Crippen molar-refractivity contribution in [2.45, 2.75) is 25.5 Å². The molecule has 0 bridgehead atoms. The van der Waals surface area contributed by atoms with Crippen LogP contribution in [-0.4, -0.2) is 33.2 Å². The van der Waals surface area contributed by atoms with Gasteiger partial charge in [0.2, 0.25) is 0 Å². The zero-order valence-corrected chi connectivity index (χ0v) is 14.4. The van der Waals surface area contributed by atoms with Gasteiger partial charge >= 0.3 is 5.69 Å². The third-order valence-corrected chi connectivity index (χ3v) is 4.56. The number of halogens is 1. The van der Waals surface area contributed by atoms with Gasteiger partial charge in [-0.3, -0.25) is 14.3 Å². The summed E-state index contributed by atoms with van der Waals surface area (Å²) in [6.07, 6.45) is 3.38. The molecule has 1 saturated heterocycles. The van der Waals surface area contributed by atoms with E-state index in [1.807, 2.05) is 0 Å². The van der Waals surface area contributed by atoms with Gasteiger partial charge in [-0.25, -0.2) is 9.18 Å². The number of hydrogen-bond acceptors (Lipinski definition) is 4. The molecule has 3 rings (SSSR count). The molecular formula is C18H22FN3O3. The quantitative estimate of drug-likeness (QED) is 0.836. The molecule has 0 unspecified atom stereocenters. The van der Waals surface area contributed by atoms with Crippen LogP contribution in [0, 0.1) is 5.82 Å². The Hall–Kier alpha value is -2.41. The molecule has 0 aliphatic carbocycles. The maximum Gasteiger partial charge on any atom is 0.330 e. The molecule has 0 amide bonds. The maximum absolute atomic E-state index is 12.9. The fourth-order valence-electron chi connectivity index (χ4n) is 3.12. The van der Waals surface area contributed by atoms with Crippen LogP contribution in [0.4, 0.5) is 4.39 Å². The van der Waals surface area contributed by atoms with Gasteiger partial charge in [0.25, 0.3) is 5.56 Å². The summed E-state index contributed by atoms with van der Waals surface area (Å²) < 4.78 is 21.4. The van der Waals surface area contributed by atoms with Crippen LogP contribution in [0.1, 0.15) is 18.4 Å². The second kappa shape index (κ2) is 7.23. The molecule has 2 aromatic rings. The largest absolute Gasteiger partial charge is 0.490 e. The Kier molecular flexibility index (Phi) is 5.03. The van der Waals surface area contributed by atoms with E-state index in [0.717, 1.165) is 30.5 Å². The normalized spacial score (nSPS) is 16.1. The predicted molar refractivity (Wildman–Crippen MR) is 92.3 cm³/mol. The summed E-state index contributed by atoms with van der Waals surface area (Å²) in [7, 11) is 3.14. The second-order valence-electron chi connectivity index (χ2n) is 6.46. The molecule has 2 heterocycles. The van der Waals surface area contributed by atoms with Crippen LogP contribution < -0.4 is 16.0 Å². The molecule has 0 saturated carbocycles. The number of rotatable bonds is 4. The Morgan fingerprint density at radius 2 is 1.76 bits per heavy atom. The molecule has 7 heteroatoms. The number of aryl methyl sites for hydroxylation is 1. The zero-order chi connectivity index (χ0) is 18.0. The molecule has 0 spiro atoms. The van der Waals surface area contributed by atoms with Crippen LogP contribution in [0.25, 0.3) is 0 Å². The van der Waals surface area contributed by atoms with E-state index < -0.39 is 0 Å². The number of piperidine rings is 1. The lowest BCUT2D eigenvalue weighted by Gasteiger charge is -2.32. The highest BCUT2D eigenvalue weighted by Crippen LogP contribution is 2.20. The lowest BCUT2D eigenvalue weighted by molar-refractivity contribution is 0.0963. The summed E-state index contributed by atoms with van der Waals surface area (Å²) in [4.78, 5) is 26.1. The fourth-order valence-corrected chi connectivity index (χ4v) is 3.12. The minimum atomic E-state index is -0.319. The van der Waals surface area contributed by atoms with E-state index in [9.17, 15) is 14.0 Å². The summed E-state index contributed by atoms with van der Waals surface area (Å²) in [6.45, 7) is 2.12. The number of aromatic nitrogens is 2. The molecule has 0 radical (unpaired) electrons. The van der Waals surface area contributed by atoms with Crippen LogP contribution >= 0.6 is 0 Å². The molecule has 0 N–H and O–H groups in total. The summed E-state index contributed by atoms with van der Waals surface area (Å²) in [5.41, 5.74) is 0.0513. The Morgan fingerprint density at radius 3 is 2.40 bits per heavy atom. The lowest BCUT2D eigenvalue weighted by atomic mass is 10.1. The highest BCUT2D eigenvalue weighted by Gasteiger charge is 2.22. The first-order valence-electron chi connectivity index (χ1n) is 8.34. The SMILES string of the molecule is Cn1cc(CN2CCC(Oc3ccc(F)cc3)CC2)c(=O)n(C)c1=O. The van der Waals surface area contributed by atoms with Gasteiger partial charge in [0.05, 0.1) is 0 Å². The zero-order valence-electron chi connectivity index (χ0n) is 14.4. The fraction of sp³-hybridized carbons (Fsp3) is 0.444. The second-order valence-corrected chi connectivity index (χ2v) is 6.46. The van der Waals surface area contributed by atoms with E-state index in [4.69, 9.17) is 4.74 Å².